The van der Waals surface area contributed by atoms with Crippen molar-refractivity contribution in [3.05, 3.63) is 92.1 Å². The number of para-hydroxylation sites is 1. The molecule has 9 heteroatoms. The van der Waals surface area contributed by atoms with Crippen LogP contribution in [0.25, 0.3) is 6.08 Å². The summed E-state index contributed by atoms with van der Waals surface area (Å²) in [5.74, 6) is -1.20. The zero-order valence-corrected chi connectivity index (χ0v) is 21.0. The van der Waals surface area contributed by atoms with Gasteiger partial charge in [-0.25, -0.2) is 4.39 Å². The number of ether oxygens (including phenoxy) is 1. The Morgan fingerprint density at radius 3 is 2.47 bits per heavy atom. The largest absolute Gasteiger partial charge is 0.482 e. The molecule has 0 spiro atoms. The number of benzene rings is 3. The number of hydrogen-bond acceptors (Lipinski definition) is 4. The second-order valence-corrected chi connectivity index (χ2v) is 8.86. The number of amides is 2. The zero-order chi connectivity index (χ0) is 24.7. The van der Waals surface area contributed by atoms with E-state index in [-0.39, 0.29) is 23.8 Å². The number of hydrogen-bond donors (Lipinski definition) is 2. The third-order valence-electron chi connectivity index (χ3n) is 4.57. The molecule has 0 unspecified atom stereocenters. The van der Waals surface area contributed by atoms with E-state index in [4.69, 9.17) is 4.74 Å². The summed E-state index contributed by atoms with van der Waals surface area (Å²) >= 11 is 6.78. The molecule has 0 radical (unpaired) electrons. The van der Waals surface area contributed by atoms with Gasteiger partial charge in [-0.15, -0.1) is 0 Å². The van der Waals surface area contributed by atoms with Gasteiger partial charge in [-0.2, -0.15) is 5.26 Å². The van der Waals surface area contributed by atoms with Gasteiger partial charge in [0, 0.05) is 21.4 Å². The summed E-state index contributed by atoms with van der Waals surface area (Å²) in [4.78, 5) is 25.0. The molecule has 0 saturated heterocycles. The highest BCUT2D eigenvalue weighted by Gasteiger charge is 2.16. The number of nitriles is 1. The molecular formula is C25H18Br2FN3O3. The Hall–Kier alpha value is -3.48. The maximum absolute atomic E-state index is 13.1. The molecule has 0 aliphatic rings. The maximum atomic E-state index is 13.1. The molecule has 0 heterocycles. The lowest BCUT2D eigenvalue weighted by Crippen LogP contribution is -2.21. The van der Waals surface area contributed by atoms with Gasteiger partial charge in [-0.1, -0.05) is 34.1 Å². The third-order valence-corrected chi connectivity index (χ3v) is 5.62. The predicted molar refractivity (Wildman–Crippen MR) is 136 cm³/mol. The van der Waals surface area contributed by atoms with E-state index < -0.39 is 11.7 Å². The SMILES string of the molecule is Cc1ccccc1NC(=O)COc1c(Br)cc(Br)cc1/C=C(\C#N)C(=O)Nc1ccc(F)cc1. The van der Waals surface area contributed by atoms with Gasteiger partial charge in [-0.3, -0.25) is 9.59 Å². The molecule has 172 valence electrons. The first-order valence-electron chi connectivity index (χ1n) is 9.93. The second kappa shape index (κ2) is 11.6. The van der Waals surface area contributed by atoms with Gasteiger partial charge in [0.15, 0.2) is 6.61 Å². The molecule has 0 saturated carbocycles. The normalized spacial score (nSPS) is 10.9. The predicted octanol–water partition coefficient (Wildman–Crippen LogP) is 6.22. The lowest BCUT2D eigenvalue weighted by atomic mass is 10.1. The van der Waals surface area contributed by atoms with E-state index in [0.717, 1.165) is 5.56 Å². The van der Waals surface area contributed by atoms with Crippen LogP contribution in [0.5, 0.6) is 5.75 Å². The van der Waals surface area contributed by atoms with Crippen LogP contribution < -0.4 is 15.4 Å². The highest BCUT2D eigenvalue weighted by atomic mass is 79.9. The van der Waals surface area contributed by atoms with Crippen molar-refractivity contribution in [3.8, 4) is 11.8 Å². The highest BCUT2D eigenvalue weighted by molar-refractivity contribution is 9.11. The van der Waals surface area contributed by atoms with Crippen molar-refractivity contribution >= 4 is 61.1 Å². The Labute approximate surface area is 212 Å². The van der Waals surface area contributed by atoms with E-state index >= 15 is 0 Å². The molecule has 3 aromatic rings. The lowest BCUT2D eigenvalue weighted by Gasteiger charge is -2.13. The summed E-state index contributed by atoms with van der Waals surface area (Å²) in [5, 5.41) is 14.9. The minimum atomic E-state index is -0.673. The van der Waals surface area contributed by atoms with Crippen molar-refractivity contribution < 1.29 is 18.7 Å². The number of aryl methyl sites for hydroxylation is 1. The van der Waals surface area contributed by atoms with Gasteiger partial charge in [0.05, 0.1) is 4.47 Å². The van der Waals surface area contributed by atoms with Crippen molar-refractivity contribution in [3.63, 3.8) is 0 Å². The van der Waals surface area contributed by atoms with Crippen LogP contribution in [-0.2, 0) is 9.59 Å². The van der Waals surface area contributed by atoms with Gasteiger partial charge in [0.25, 0.3) is 11.8 Å². The molecule has 0 aromatic heterocycles. The number of carbonyl (C=O) groups is 2. The number of carbonyl (C=O) groups excluding carboxylic acids is 2. The van der Waals surface area contributed by atoms with Gasteiger partial charge in [0.2, 0.25) is 0 Å². The fraction of sp³-hybridized carbons (Fsp3) is 0.0800. The fourth-order valence-corrected chi connectivity index (χ4v) is 4.29. The minimum absolute atomic E-state index is 0.205. The van der Waals surface area contributed by atoms with Crippen LogP contribution in [0.1, 0.15) is 11.1 Å². The molecule has 0 fully saturated rings. The van der Waals surface area contributed by atoms with E-state index in [0.29, 0.717) is 25.9 Å². The summed E-state index contributed by atoms with van der Waals surface area (Å²) in [6.45, 7) is 1.59. The van der Waals surface area contributed by atoms with Gasteiger partial charge >= 0.3 is 0 Å². The first kappa shape index (κ1) is 25.1. The number of nitrogens with zero attached hydrogens (tertiary/aromatic N) is 1. The van der Waals surface area contributed by atoms with Gasteiger partial charge in [0.1, 0.15) is 23.2 Å². The second-order valence-electron chi connectivity index (χ2n) is 7.09. The molecule has 0 aliphatic carbocycles. The van der Waals surface area contributed by atoms with E-state index in [1.807, 2.05) is 31.2 Å². The van der Waals surface area contributed by atoms with E-state index in [1.54, 1.807) is 18.2 Å². The molecule has 0 bridgehead atoms. The summed E-state index contributed by atoms with van der Waals surface area (Å²) < 4.78 is 20.0. The first-order chi connectivity index (χ1) is 16.3. The number of anilines is 2. The van der Waals surface area contributed by atoms with Crippen molar-refractivity contribution in [1.82, 2.24) is 0 Å². The molecule has 0 aliphatic heterocycles. The zero-order valence-electron chi connectivity index (χ0n) is 17.9. The van der Waals surface area contributed by atoms with Crippen molar-refractivity contribution in [2.24, 2.45) is 0 Å². The van der Waals surface area contributed by atoms with Crippen molar-refractivity contribution in [1.29, 1.82) is 5.26 Å². The topological polar surface area (TPSA) is 91.2 Å². The van der Waals surface area contributed by atoms with Crippen LogP contribution in [0.15, 0.2) is 75.2 Å². The third kappa shape index (κ3) is 6.76. The lowest BCUT2D eigenvalue weighted by molar-refractivity contribution is -0.118. The average Bonchev–Trinajstić information content (AvgIpc) is 2.79. The van der Waals surface area contributed by atoms with E-state index in [1.165, 1.54) is 30.3 Å². The van der Waals surface area contributed by atoms with Crippen LogP contribution in [0.2, 0.25) is 0 Å². The van der Waals surface area contributed by atoms with E-state index in [2.05, 4.69) is 42.5 Å². The van der Waals surface area contributed by atoms with Crippen LogP contribution >= 0.6 is 31.9 Å². The molecular weight excluding hydrogens is 569 g/mol. The fourth-order valence-electron chi connectivity index (χ4n) is 2.91. The summed E-state index contributed by atoms with van der Waals surface area (Å²) in [6, 6.07) is 17.8. The Morgan fingerprint density at radius 2 is 1.79 bits per heavy atom. The summed E-state index contributed by atoms with van der Waals surface area (Å²) in [5.41, 5.74) is 2.12. The van der Waals surface area contributed by atoms with Gasteiger partial charge in [-0.05, 0) is 77.0 Å². The van der Waals surface area contributed by atoms with Crippen molar-refractivity contribution in [2.75, 3.05) is 17.2 Å². The number of rotatable bonds is 7. The van der Waals surface area contributed by atoms with Crippen LogP contribution in [0.3, 0.4) is 0 Å². The molecule has 2 N–H and O–H groups in total. The van der Waals surface area contributed by atoms with E-state index in [9.17, 15) is 19.2 Å². The maximum Gasteiger partial charge on any atom is 0.266 e. The Kier molecular flexibility index (Phi) is 8.57. The molecule has 0 atom stereocenters. The van der Waals surface area contributed by atoms with Gasteiger partial charge < -0.3 is 15.4 Å². The number of nitrogens with one attached hydrogen (secondary N) is 2. The van der Waals surface area contributed by atoms with Crippen LogP contribution in [0, 0.1) is 24.1 Å². The Morgan fingerprint density at radius 1 is 1.09 bits per heavy atom. The standard InChI is InChI=1S/C25H18Br2FN3O3/c1-15-4-2-3-5-22(15)31-23(32)14-34-24-16(11-18(26)12-21(24)27)10-17(13-29)25(33)30-20-8-6-19(28)7-9-20/h2-12H,14H2,1H3,(H,30,33)(H,31,32)/b17-10+. The first-order valence-corrected chi connectivity index (χ1v) is 11.5. The van der Waals surface area contributed by atoms with Crippen LogP contribution in [0.4, 0.5) is 15.8 Å². The summed E-state index contributed by atoms with van der Waals surface area (Å²) in [7, 11) is 0. The Balaban J connectivity index is 1.80. The molecule has 6 nitrogen and oxygen atoms in total. The monoisotopic (exact) mass is 585 g/mol. The van der Waals surface area contributed by atoms with Crippen LogP contribution in [-0.4, -0.2) is 18.4 Å². The minimum Gasteiger partial charge on any atom is -0.482 e. The molecule has 3 aromatic carbocycles. The summed E-state index contributed by atoms with van der Waals surface area (Å²) in [6.07, 6.45) is 1.35. The quantitative estimate of drug-likeness (QED) is 0.254. The molecule has 3 rings (SSSR count). The highest BCUT2D eigenvalue weighted by Crippen LogP contribution is 2.34. The number of halogens is 3. The average molecular weight is 587 g/mol. The molecule has 34 heavy (non-hydrogen) atoms. The molecule has 2 amide bonds. The smallest absolute Gasteiger partial charge is 0.266 e. The van der Waals surface area contributed by atoms with Crippen molar-refractivity contribution in [2.45, 2.75) is 6.92 Å². The Bertz CT molecular complexity index is 1300.